The van der Waals surface area contributed by atoms with Gasteiger partial charge in [0.05, 0.1) is 17.2 Å². The molecule has 0 fully saturated rings. The van der Waals surface area contributed by atoms with Gasteiger partial charge in [-0.3, -0.25) is 16.0 Å². The maximum atomic E-state index is 12.0. The van der Waals surface area contributed by atoms with E-state index in [4.69, 9.17) is 5.84 Å². The van der Waals surface area contributed by atoms with E-state index < -0.39 is 38.5 Å². The maximum Gasteiger partial charge on any atom is 0.270 e. The number of sulfonamides is 1. The molecule has 106 valence electrons. The SMILES string of the molecule is NNc1ccc([N+](=O)[O-])cc1S(=O)(=O)NCC(F)F. The number of benzene rings is 1. The van der Waals surface area contributed by atoms with Crippen LogP contribution in [0.1, 0.15) is 0 Å². The van der Waals surface area contributed by atoms with E-state index in [1.54, 1.807) is 4.72 Å². The van der Waals surface area contributed by atoms with E-state index in [0.29, 0.717) is 0 Å². The van der Waals surface area contributed by atoms with Gasteiger partial charge in [0.2, 0.25) is 10.0 Å². The summed E-state index contributed by atoms with van der Waals surface area (Å²) in [6.07, 6.45) is -2.89. The summed E-state index contributed by atoms with van der Waals surface area (Å²) in [5.74, 6) is 5.07. The lowest BCUT2D eigenvalue weighted by Gasteiger charge is -2.10. The van der Waals surface area contributed by atoms with Crippen LogP contribution in [-0.2, 0) is 10.0 Å². The predicted molar refractivity (Wildman–Crippen MR) is 62.1 cm³/mol. The van der Waals surface area contributed by atoms with Gasteiger partial charge in [-0.15, -0.1) is 0 Å². The topological polar surface area (TPSA) is 127 Å². The van der Waals surface area contributed by atoms with Crippen molar-refractivity contribution in [3.8, 4) is 0 Å². The number of nitrogens with zero attached hydrogens (tertiary/aromatic N) is 1. The van der Waals surface area contributed by atoms with Crippen LogP contribution in [0.15, 0.2) is 23.1 Å². The lowest BCUT2D eigenvalue weighted by atomic mass is 10.3. The third-order valence-corrected chi connectivity index (χ3v) is 3.51. The van der Waals surface area contributed by atoms with Crippen molar-refractivity contribution in [2.24, 2.45) is 5.84 Å². The number of anilines is 1. The zero-order valence-electron chi connectivity index (χ0n) is 9.34. The second-order valence-corrected chi connectivity index (χ2v) is 5.06. The first kappa shape index (κ1) is 15.2. The number of rotatable bonds is 6. The highest BCUT2D eigenvalue weighted by Gasteiger charge is 2.23. The van der Waals surface area contributed by atoms with Gasteiger partial charge in [0.1, 0.15) is 4.90 Å². The minimum absolute atomic E-state index is 0.146. The van der Waals surface area contributed by atoms with Gasteiger partial charge >= 0.3 is 0 Å². The first-order chi connectivity index (χ1) is 8.77. The van der Waals surface area contributed by atoms with Crippen LogP contribution in [0.5, 0.6) is 0 Å². The van der Waals surface area contributed by atoms with Crippen molar-refractivity contribution in [2.45, 2.75) is 11.3 Å². The maximum absolute atomic E-state index is 12.0. The lowest BCUT2D eigenvalue weighted by molar-refractivity contribution is -0.385. The fraction of sp³-hybridized carbons (Fsp3) is 0.250. The molecule has 4 N–H and O–H groups in total. The number of nitro benzene ring substituents is 1. The number of nitrogen functional groups attached to an aromatic ring is 1. The molecule has 0 unspecified atom stereocenters. The molecule has 0 spiro atoms. The molecule has 0 amide bonds. The van der Waals surface area contributed by atoms with Crippen LogP contribution < -0.4 is 16.0 Å². The Labute approximate surface area is 106 Å². The molecule has 0 heterocycles. The smallest absolute Gasteiger partial charge is 0.270 e. The summed E-state index contributed by atoms with van der Waals surface area (Å²) in [6, 6.07) is 2.82. The highest BCUT2D eigenvalue weighted by atomic mass is 32.2. The average Bonchev–Trinajstić information content (AvgIpc) is 2.35. The van der Waals surface area contributed by atoms with Gasteiger partial charge in [0.25, 0.3) is 12.1 Å². The minimum Gasteiger partial charge on any atom is -0.323 e. The average molecular weight is 296 g/mol. The van der Waals surface area contributed by atoms with Crippen molar-refractivity contribution < 1.29 is 22.1 Å². The predicted octanol–water partition coefficient (Wildman–Crippen LogP) is 0.424. The molecule has 1 aromatic carbocycles. The Bertz CT molecular complexity index is 578. The second kappa shape index (κ2) is 5.86. The number of halogens is 2. The zero-order valence-corrected chi connectivity index (χ0v) is 10.2. The van der Waals surface area contributed by atoms with Gasteiger partial charge in [0, 0.05) is 12.1 Å². The molecule has 0 aliphatic rings. The molecule has 0 aliphatic heterocycles. The summed E-state index contributed by atoms with van der Waals surface area (Å²) in [4.78, 5) is 9.17. The van der Waals surface area contributed by atoms with E-state index in [0.717, 1.165) is 18.2 Å². The first-order valence-electron chi connectivity index (χ1n) is 4.81. The number of nitrogens with one attached hydrogen (secondary N) is 2. The number of hydrogen-bond donors (Lipinski definition) is 3. The van der Waals surface area contributed by atoms with E-state index in [9.17, 15) is 27.3 Å². The number of hydrogen-bond acceptors (Lipinski definition) is 6. The van der Waals surface area contributed by atoms with E-state index in [2.05, 4.69) is 0 Å². The van der Waals surface area contributed by atoms with Gasteiger partial charge in [0.15, 0.2) is 0 Å². The fourth-order valence-corrected chi connectivity index (χ4v) is 2.41. The molecular weight excluding hydrogens is 286 g/mol. The molecule has 0 saturated carbocycles. The Morgan fingerprint density at radius 2 is 2.05 bits per heavy atom. The molecule has 1 aromatic rings. The molecule has 0 aliphatic carbocycles. The Kier molecular flexibility index (Phi) is 4.69. The molecule has 0 aromatic heterocycles. The number of nitrogens with two attached hydrogens (primary N) is 1. The van der Waals surface area contributed by atoms with Gasteiger partial charge in [-0.2, -0.15) is 0 Å². The quantitative estimate of drug-likeness (QED) is 0.396. The molecule has 19 heavy (non-hydrogen) atoms. The van der Waals surface area contributed by atoms with Crippen LogP contribution in [-0.4, -0.2) is 26.3 Å². The van der Waals surface area contributed by atoms with E-state index in [1.165, 1.54) is 0 Å². The Balaban J connectivity index is 3.22. The van der Waals surface area contributed by atoms with Gasteiger partial charge < -0.3 is 5.43 Å². The number of nitro groups is 1. The molecule has 0 saturated heterocycles. The zero-order chi connectivity index (χ0) is 14.6. The highest BCUT2D eigenvalue weighted by molar-refractivity contribution is 7.89. The Morgan fingerprint density at radius 1 is 1.42 bits per heavy atom. The van der Waals surface area contributed by atoms with Crippen LogP contribution in [0.4, 0.5) is 20.2 Å². The summed E-state index contributed by atoms with van der Waals surface area (Å²) in [6.45, 7) is -1.10. The molecule has 1 rings (SSSR count). The molecule has 8 nitrogen and oxygen atoms in total. The summed E-state index contributed by atoms with van der Waals surface area (Å²) in [5.41, 5.74) is 1.38. The van der Waals surface area contributed by atoms with Crippen LogP contribution in [0.25, 0.3) is 0 Å². The minimum atomic E-state index is -4.33. The van der Waals surface area contributed by atoms with Crippen molar-refractivity contribution in [3.05, 3.63) is 28.3 Å². The molecule has 0 atom stereocenters. The standard InChI is InChI=1S/C8H10F2N4O4S/c9-8(10)4-12-19(17,18)7-3-5(14(15)16)1-2-6(7)13-11/h1-3,8,12-13H,4,11H2. The fourth-order valence-electron chi connectivity index (χ4n) is 1.22. The van der Waals surface area contributed by atoms with Crippen molar-refractivity contribution in [1.29, 1.82) is 0 Å². The van der Waals surface area contributed by atoms with Crippen LogP contribution in [0.2, 0.25) is 0 Å². The van der Waals surface area contributed by atoms with E-state index in [-0.39, 0.29) is 5.69 Å². The van der Waals surface area contributed by atoms with Crippen molar-refractivity contribution in [2.75, 3.05) is 12.0 Å². The monoisotopic (exact) mass is 296 g/mol. The number of hydrazine groups is 1. The normalized spacial score (nSPS) is 11.6. The summed E-state index contributed by atoms with van der Waals surface area (Å²) in [7, 11) is -4.33. The van der Waals surface area contributed by atoms with Crippen molar-refractivity contribution in [1.82, 2.24) is 4.72 Å². The van der Waals surface area contributed by atoms with E-state index in [1.807, 2.05) is 5.43 Å². The Hall–Kier alpha value is -1.85. The largest absolute Gasteiger partial charge is 0.323 e. The second-order valence-electron chi connectivity index (χ2n) is 3.32. The number of alkyl halides is 2. The lowest BCUT2D eigenvalue weighted by Crippen LogP contribution is -2.29. The molecule has 0 bridgehead atoms. The van der Waals surface area contributed by atoms with Gasteiger partial charge in [-0.05, 0) is 6.07 Å². The summed E-state index contributed by atoms with van der Waals surface area (Å²) in [5, 5.41) is 10.6. The third-order valence-electron chi connectivity index (χ3n) is 2.05. The van der Waals surface area contributed by atoms with Gasteiger partial charge in [-0.1, -0.05) is 0 Å². The third kappa shape index (κ3) is 3.81. The summed E-state index contributed by atoms with van der Waals surface area (Å²) >= 11 is 0. The molecule has 11 heteroatoms. The number of non-ortho nitro benzene ring substituents is 1. The van der Waals surface area contributed by atoms with Crippen LogP contribution >= 0.6 is 0 Å². The summed E-state index contributed by atoms with van der Waals surface area (Å²) < 4.78 is 49.1. The van der Waals surface area contributed by atoms with E-state index >= 15 is 0 Å². The molecule has 0 radical (unpaired) electrons. The first-order valence-corrected chi connectivity index (χ1v) is 6.29. The van der Waals surface area contributed by atoms with Crippen LogP contribution in [0.3, 0.4) is 0 Å². The van der Waals surface area contributed by atoms with Gasteiger partial charge in [-0.25, -0.2) is 21.9 Å². The molecular formula is C8H10F2N4O4S. The van der Waals surface area contributed by atoms with Crippen molar-refractivity contribution in [3.63, 3.8) is 0 Å². The highest BCUT2D eigenvalue weighted by Crippen LogP contribution is 2.25. The van der Waals surface area contributed by atoms with Crippen molar-refractivity contribution >= 4 is 21.4 Å². The van der Waals surface area contributed by atoms with Crippen LogP contribution in [0, 0.1) is 10.1 Å². The Morgan fingerprint density at radius 3 is 2.53 bits per heavy atom.